The second-order valence-corrected chi connectivity index (χ2v) is 5.06. The van der Waals surface area contributed by atoms with Crippen LogP contribution < -0.4 is 5.32 Å². The van der Waals surface area contributed by atoms with Crippen LogP contribution in [0.3, 0.4) is 0 Å². The first kappa shape index (κ1) is 10.4. The van der Waals surface area contributed by atoms with Crippen molar-refractivity contribution in [1.29, 1.82) is 0 Å². The Morgan fingerprint density at radius 2 is 2.14 bits per heavy atom. The van der Waals surface area contributed by atoms with E-state index in [9.17, 15) is 0 Å². The van der Waals surface area contributed by atoms with Gasteiger partial charge in [-0.25, -0.2) is 0 Å². The van der Waals surface area contributed by atoms with E-state index >= 15 is 0 Å². The molecule has 2 saturated heterocycles. The van der Waals surface area contributed by atoms with Crippen LogP contribution in [0.1, 0.15) is 40.0 Å². The minimum Gasteiger partial charge on any atom is -0.312 e. The Hall–Kier alpha value is -0.0800. The quantitative estimate of drug-likeness (QED) is 0.688. The SMILES string of the molecule is CCC1NCC2CCCN2[C@@H](C)[C@@H]1C. The highest BCUT2D eigenvalue weighted by Crippen LogP contribution is 2.28. The summed E-state index contributed by atoms with van der Waals surface area (Å²) in [6, 6.07) is 2.32. The van der Waals surface area contributed by atoms with Gasteiger partial charge in [-0.2, -0.15) is 0 Å². The lowest BCUT2D eigenvalue weighted by atomic mass is 9.92. The molecule has 0 bridgehead atoms. The third-order valence-corrected chi connectivity index (χ3v) is 4.40. The summed E-state index contributed by atoms with van der Waals surface area (Å²) in [5.41, 5.74) is 0. The van der Waals surface area contributed by atoms with E-state index in [1.54, 1.807) is 0 Å². The summed E-state index contributed by atoms with van der Waals surface area (Å²) >= 11 is 0. The molecular weight excluding hydrogens is 172 g/mol. The molecule has 0 aliphatic carbocycles. The zero-order chi connectivity index (χ0) is 10.1. The van der Waals surface area contributed by atoms with E-state index in [-0.39, 0.29) is 0 Å². The molecule has 2 nitrogen and oxygen atoms in total. The number of hydrogen-bond donors (Lipinski definition) is 1. The molecule has 0 spiro atoms. The lowest BCUT2D eigenvalue weighted by Gasteiger charge is -2.32. The molecule has 14 heavy (non-hydrogen) atoms. The van der Waals surface area contributed by atoms with Crippen LogP contribution in [0.2, 0.25) is 0 Å². The van der Waals surface area contributed by atoms with Crippen LogP contribution >= 0.6 is 0 Å². The molecule has 2 aliphatic rings. The first-order chi connectivity index (χ1) is 6.74. The van der Waals surface area contributed by atoms with E-state index in [4.69, 9.17) is 0 Å². The average Bonchev–Trinajstić information content (AvgIpc) is 2.61. The molecule has 0 aromatic heterocycles. The Bertz CT molecular complexity index is 191. The van der Waals surface area contributed by atoms with Crippen molar-refractivity contribution in [2.24, 2.45) is 5.92 Å². The molecule has 0 radical (unpaired) electrons. The molecule has 2 heteroatoms. The summed E-state index contributed by atoms with van der Waals surface area (Å²) in [5.74, 6) is 0.795. The molecular formula is C12H24N2. The van der Waals surface area contributed by atoms with E-state index in [1.807, 2.05) is 0 Å². The van der Waals surface area contributed by atoms with Gasteiger partial charge in [-0.15, -0.1) is 0 Å². The van der Waals surface area contributed by atoms with Crippen molar-refractivity contribution in [2.45, 2.75) is 58.2 Å². The first-order valence-corrected chi connectivity index (χ1v) is 6.23. The molecule has 2 unspecified atom stereocenters. The Kier molecular flexibility index (Phi) is 3.13. The van der Waals surface area contributed by atoms with Crippen LogP contribution in [0.5, 0.6) is 0 Å². The molecule has 2 aliphatic heterocycles. The van der Waals surface area contributed by atoms with Gasteiger partial charge in [-0.1, -0.05) is 13.8 Å². The maximum absolute atomic E-state index is 3.74. The molecule has 2 fully saturated rings. The van der Waals surface area contributed by atoms with Crippen molar-refractivity contribution in [2.75, 3.05) is 13.1 Å². The van der Waals surface area contributed by atoms with Crippen LogP contribution in [0.15, 0.2) is 0 Å². The lowest BCUT2D eigenvalue weighted by molar-refractivity contribution is 0.160. The predicted octanol–water partition coefficient (Wildman–Crippen LogP) is 1.86. The maximum atomic E-state index is 3.74. The molecule has 0 saturated carbocycles. The summed E-state index contributed by atoms with van der Waals surface area (Å²) in [6.07, 6.45) is 4.08. The largest absolute Gasteiger partial charge is 0.312 e. The summed E-state index contributed by atoms with van der Waals surface area (Å²) in [5, 5.41) is 3.74. The van der Waals surface area contributed by atoms with E-state index in [2.05, 4.69) is 31.0 Å². The number of fused-ring (bicyclic) bond motifs is 1. The molecule has 4 atom stereocenters. The van der Waals surface area contributed by atoms with Crippen molar-refractivity contribution in [3.05, 3.63) is 0 Å². The van der Waals surface area contributed by atoms with E-state index in [0.717, 1.165) is 24.0 Å². The molecule has 0 amide bonds. The summed E-state index contributed by atoms with van der Waals surface area (Å²) in [6.45, 7) is 9.67. The van der Waals surface area contributed by atoms with Crippen molar-refractivity contribution < 1.29 is 0 Å². The van der Waals surface area contributed by atoms with Crippen LogP contribution in [0, 0.1) is 5.92 Å². The Morgan fingerprint density at radius 1 is 1.36 bits per heavy atom. The standard InChI is InChI=1S/C12H24N2/c1-4-12-9(2)10(3)14-7-5-6-11(14)8-13-12/h9-13H,4-8H2,1-3H3/t9-,10-,11?,12?/m0/s1. The zero-order valence-corrected chi connectivity index (χ0v) is 9.79. The third-order valence-electron chi connectivity index (χ3n) is 4.40. The van der Waals surface area contributed by atoms with E-state index in [0.29, 0.717) is 0 Å². The highest BCUT2D eigenvalue weighted by atomic mass is 15.2. The Labute approximate surface area is 88.1 Å². The summed E-state index contributed by atoms with van der Waals surface area (Å²) in [7, 11) is 0. The van der Waals surface area contributed by atoms with Gasteiger partial charge in [-0.3, -0.25) is 4.90 Å². The van der Waals surface area contributed by atoms with Crippen LogP contribution in [-0.4, -0.2) is 36.1 Å². The fraction of sp³-hybridized carbons (Fsp3) is 1.00. The molecule has 82 valence electrons. The van der Waals surface area contributed by atoms with E-state index in [1.165, 1.54) is 32.4 Å². The maximum Gasteiger partial charge on any atom is 0.0224 e. The highest BCUT2D eigenvalue weighted by Gasteiger charge is 2.36. The summed E-state index contributed by atoms with van der Waals surface area (Å²) < 4.78 is 0. The average molecular weight is 196 g/mol. The topological polar surface area (TPSA) is 15.3 Å². The molecule has 2 heterocycles. The van der Waals surface area contributed by atoms with Gasteiger partial charge in [0.15, 0.2) is 0 Å². The van der Waals surface area contributed by atoms with Gasteiger partial charge in [0.05, 0.1) is 0 Å². The van der Waals surface area contributed by atoms with Crippen LogP contribution in [0.25, 0.3) is 0 Å². The van der Waals surface area contributed by atoms with Crippen LogP contribution in [-0.2, 0) is 0 Å². The Morgan fingerprint density at radius 3 is 2.86 bits per heavy atom. The second-order valence-electron chi connectivity index (χ2n) is 5.06. The zero-order valence-electron chi connectivity index (χ0n) is 9.79. The lowest BCUT2D eigenvalue weighted by Crippen LogP contribution is -2.41. The fourth-order valence-corrected chi connectivity index (χ4v) is 3.24. The normalized spacial score (nSPS) is 44.8. The van der Waals surface area contributed by atoms with Crippen molar-refractivity contribution >= 4 is 0 Å². The minimum atomic E-state index is 0.732. The van der Waals surface area contributed by atoms with Gasteiger partial charge in [0.1, 0.15) is 0 Å². The molecule has 2 rings (SSSR count). The number of nitrogens with one attached hydrogen (secondary N) is 1. The van der Waals surface area contributed by atoms with Gasteiger partial charge in [0.2, 0.25) is 0 Å². The fourth-order valence-electron chi connectivity index (χ4n) is 3.24. The number of rotatable bonds is 1. The van der Waals surface area contributed by atoms with E-state index < -0.39 is 0 Å². The third kappa shape index (κ3) is 1.70. The molecule has 0 aromatic carbocycles. The van der Waals surface area contributed by atoms with Crippen molar-refractivity contribution in [1.82, 2.24) is 10.2 Å². The van der Waals surface area contributed by atoms with Crippen LogP contribution in [0.4, 0.5) is 0 Å². The van der Waals surface area contributed by atoms with Gasteiger partial charge in [0, 0.05) is 24.7 Å². The van der Waals surface area contributed by atoms with Crippen molar-refractivity contribution in [3.63, 3.8) is 0 Å². The minimum absolute atomic E-state index is 0.732. The van der Waals surface area contributed by atoms with Crippen molar-refractivity contribution in [3.8, 4) is 0 Å². The monoisotopic (exact) mass is 196 g/mol. The van der Waals surface area contributed by atoms with Gasteiger partial charge in [0.25, 0.3) is 0 Å². The number of hydrogen-bond acceptors (Lipinski definition) is 2. The molecule has 0 aromatic rings. The molecule has 1 N–H and O–H groups in total. The predicted molar refractivity (Wildman–Crippen MR) is 60.4 cm³/mol. The first-order valence-electron chi connectivity index (χ1n) is 6.23. The highest BCUT2D eigenvalue weighted by molar-refractivity contribution is 4.93. The summed E-state index contributed by atoms with van der Waals surface area (Å²) in [4.78, 5) is 2.73. The van der Waals surface area contributed by atoms with Gasteiger partial charge < -0.3 is 5.32 Å². The van der Waals surface area contributed by atoms with Gasteiger partial charge in [-0.05, 0) is 38.6 Å². The Balaban J connectivity index is 2.10. The number of nitrogens with zero attached hydrogens (tertiary/aromatic N) is 1. The second kappa shape index (κ2) is 4.19. The van der Waals surface area contributed by atoms with Gasteiger partial charge >= 0.3 is 0 Å². The smallest absolute Gasteiger partial charge is 0.0224 e.